The maximum Gasteiger partial charge on any atom is 0.318 e. The molecule has 3 aliphatic rings. The number of sulfonamides is 1. The van der Waals surface area contributed by atoms with Crippen LogP contribution in [-0.4, -0.2) is 186 Å². The van der Waals surface area contributed by atoms with Crippen molar-refractivity contribution in [3.63, 3.8) is 0 Å². The summed E-state index contributed by atoms with van der Waals surface area (Å²) in [6, 6.07) is 5.27. The van der Waals surface area contributed by atoms with Crippen LogP contribution >= 0.6 is 0 Å². The molecule has 4 heterocycles. The molecule has 2 aromatic rings. The molecule has 1 unspecified atom stereocenters. The number of morpholine rings is 1. The number of aliphatic hydroxyl groups is 1. The average molecular weight is 1020 g/mol. The standard InChI is InChI=1S/C48H74N10O12S/c1-9-32(4)43(54(6)47(64)42(31(2)3)50-48(65)55-22-24-70-25-23-55)38(68-7)28-41(61)57-21-13-17-37(57)44(69-8)33(5)45(62)49-36(27-34-15-11-10-12-16-34)46(63)52-71(66,67)26-14-20-56-29-35(51-53-56)30-58-39(59)18-19-40(58)60/h10-12,15-16,18-19,29,31-33,36-39,42-44,59H,9,13-14,17,20-28,30H2,1-8H3,(H,49,62)(H,50,65)(H,52,63)/t32-,33+,36-,37-,38+,39?,42-,43-,44+/m0/s1. The van der Waals surface area contributed by atoms with Crippen molar-refractivity contribution in [1.29, 1.82) is 0 Å². The van der Waals surface area contributed by atoms with Gasteiger partial charge in [-0.3, -0.25) is 33.4 Å². The Balaban J connectivity index is 1.23. The third-order valence-electron chi connectivity index (χ3n) is 13.7. The lowest BCUT2D eigenvalue weighted by atomic mass is 9.89. The number of hydrogen-bond donors (Lipinski definition) is 4. The summed E-state index contributed by atoms with van der Waals surface area (Å²) in [4.78, 5) is 88.0. The first-order valence-corrected chi connectivity index (χ1v) is 26.1. The number of hydrogen-bond acceptors (Lipinski definition) is 14. The number of aromatic nitrogens is 3. The molecule has 2 saturated heterocycles. The Morgan fingerprint density at radius 1 is 0.986 bits per heavy atom. The summed E-state index contributed by atoms with van der Waals surface area (Å²) < 4.78 is 47.5. The molecular weight excluding hydrogens is 941 g/mol. The number of likely N-dealkylation sites (N-methyl/N-ethyl adjacent to an activating group) is 1. The van der Waals surface area contributed by atoms with Crippen LogP contribution in [0.1, 0.15) is 78.0 Å². The number of aryl methyl sites for hydroxylation is 1. The predicted octanol–water partition coefficient (Wildman–Crippen LogP) is 1.05. The first-order valence-electron chi connectivity index (χ1n) is 24.5. The van der Waals surface area contributed by atoms with Crippen LogP contribution in [0.5, 0.6) is 0 Å². The number of nitrogens with zero attached hydrogens (tertiary/aromatic N) is 7. The van der Waals surface area contributed by atoms with Gasteiger partial charge >= 0.3 is 6.03 Å². The van der Waals surface area contributed by atoms with E-state index in [9.17, 15) is 42.3 Å². The summed E-state index contributed by atoms with van der Waals surface area (Å²) in [7, 11) is 0.431. The first-order chi connectivity index (χ1) is 33.8. The van der Waals surface area contributed by atoms with E-state index < -0.39 is 76.1 Å². The van der Waals surface area contributed by atoms with Crippen molar-refractivity contribution in [1.82, 2.24) is 49.9 Å². The summed E-state index contributed by atoms with van der Waals surface area (Å²) in [5.74, 6) is -4.16. The van der Waals surface area contributed by atoms with Crippen LogP contribution in [0.4, 0.5) is 4.79 Å². The van der Waals surface area contributed by atoms with E-state index in [1.54, 1.807) is 59.0 Å². The summed E-state index contributed by atoms with van der Waals surface area (Å²) in [5.41, 5.74) is 1.06. The van der Waals surface area contributed by atoms with Gasteiger partial charge in [-0.2, -0.15) is 0 Å². The van der Waals surface area contributed by atoms with E-state index in [1.807, 2.05) is 27.7 Å². The highest BCUT2D eigenvalue weighted by Gasteiger charge is 2.43. The molecule has 394 valence electrons. The largest absolute Gasteiger partial charge is 0.379 e. The highest BCUT2D eigenvalue weighted by molar-refractivity contribution is 7.90. The van der Waals surface area contributed by atoms with Gasteiger partial charge in [-0.05, 0) is 42.7 Å². The van der Waals surface area contributed by atoms with Gasteiger partial charge in [0.15, 0.2) is 0 Å². The van der Waals surface area contributed by atoms with E-state index in [4.69, 9.17) is 14.2 Å². The zero-order valence-electron chi connectivity index (χ0n) is 42.3. The fourth-order valence-corrected chi connectivity index (χ4v) is 10.5. The number of nitrogens with one attached hydrogen (secondary N) is 3. The van der Waals surface area contributed by atoms with Crippen LogP contribution in [0, 0.1) is 17.8 Å². The van der Waals surface area contributed by atoms with E-state index in [1.165, 1.54) is 42.2 Å². The highest BCUT2D eigenvalue weighted by atomic mass is 32.2. The molecule has 1 aromatic heterocycles. The number of amides is 7. The molecule has 2 fully saturated rings. The van der Waals surface area contributed by atoms with E-state index >= 15 is 0 Å². The number of urea groups is 1. The van der Waals surface area contributed by atoms with Gasteiger partial charge in [0, 0.05) is 59.9 Å². The molecule has 1 aromatic carbocycles. The number of methoxy groups -OCH3 is 2. The molecule has 71 heavy (non-hydrogen) atoms. The molecule has 0 bridgehead atoms. The molecule has 4 N–H and O–H groups in total. The molecule has 0 radical (unpaired) electrons. The molecule has 22 nitrogen and oxygen atoms in total. The maximum atomic E-state index is 14.4. The second-order valence-electron chi connectivity index (χ2n) is 19.0. The van der Waals surface area contributed by atoms with E-state index in [2.05, 4.69) is 25.7 Å². The van der Waals surface area contributed by atoms with Gasteiger partial charge in [0.25, 0.3) is 5.91 Å². The monoisotopic (exact) mass is 1010 g/mol. The minimum absolute atomic E-state index is 0.00705. The molecule has 0 saturated carbocycles. The number of carbonyl (C=O) groups is 6. The van der Waals surface area contributed by atoms with Crippen molar-refractivity contribution >= 4 is 45.6 Å². The van der Waals surface area contributed by atoms with Gasteiger partial charge in [-0.25, -0.2) is 13.2 Å². The fraction of sp³-hybridized carbons (Fsp3) is 0.667. The number of aliphatic hydroxyl groups excluding tert-OH is 1. The molecular formula is C48H74N10O12S. The Labute approximate surface area is 417 Å². The molecule has 9 atom stereocenters. The Morgan fingerprint density at radius 3 is 2.31 bits per heavy atom. The molecule has 0 spiro atoms. The van der Waals surface area contributed by atoms with E-state index in [0.29, 0.717) is 63.4 Å². The van der Waals surface area contributed by atoms with Crippen molar-refractivity contribution in [3.8, 4) is 0 Å². The normalized spacial score (nSPS) is 20.3. The quantitative estimate of drug-likeness (QED) is 0.108. The van der Waals surface area contributed by atoms with Gasteiger partial charge < -0.3 is 49.6 Å². The second-order valence-corrected chi connectivity index (χ2v) is 20.8. The number of ether oxygens (including phenoxy) is 3. The van der Waals surface area contributed by atoms with Crippen molar-refractivity contribution < 1.29 is 56.5 Å². The van der Waals surface area contributed by atoms with Gasteiger partial charge in [0.2, 0.25) is 33.7 Å². The predicted molar refractivity (Wildman–Crippen MR) is 260 cm³/mol. The molecule has 3 aliphatic heterocycles. The number of rotatable bonds is 25. The van der Waals surface area contributed by atoms with Crippen molar-refractivity contribution in [2.75, 3.05) is 59.9 Å². The van der Waals surface area contributed by atoms with Crippen LogP contribution in [0.15, 0.2) is 48.7 Å². The Morgan fingerprint density at radius 2 is 1.69 bits per heavy atom. The third-order valence-corrected chi connectivity index (χ3v) is 15.0. The summed E-state index contributed by atoms with van der Waals surface area (Å²) in [6.07, 6.45) is 3.28. The zero-order valence-corrected chi connectivity index (χ0v) is 43.1. The Kier molecular flexibility index (Phi) is 20.9. The Hall–Kier alpha value is -5.49. The molecule has 0 aliphatic carbocycles. The van der Waals surface area contributed by atoms with Gasteiger partial charge in [0.1, 0.15) is 24.0 Å². The van der Waals surface area contributed by atoms with Gasteiger partial charge in [0.05, 0.1) is 68.3 Å². The van der Waals surface area contributed by atoms with Gasteiger partial charge in [-0.1, -0.05) is 76.6 Å². The summed E-state index contributed by atoms with van der Waals surface area (Å²) >= 11 is 0. The van der Waals surface area contributed by atoms with Crippen LogP contribution in [-0.2, 0) is 67.7 Å². The topological polar surface area (TPSA) is 264 Å². The number of likely N-dealkylation sites (tertiary alicyclic amines) is 1. The maximum absolute atomic E-state index is 14.4. The minimum atomic E-state index is -4.20. The second kappa shape index (κ2) is 26.3. The molecule has 7 amide bonds. The van der Waals surface area contributed by atoms with Crippen LogP contribution in [0.25, 0.3) is 0 Å². The number of carbonyl (C=O) groups excluding carboxylic acids is 6. The van der Waals surface area contributed by atoms with Crippen LogP contribution in [0.2, 0.25) is 0 Å². The Bertz CT molecular complexity index is 2260. The summed E-state index contributed by atoms with van der Waals surface area (Å²) in [5, 5.41) is 23.7. The third kappa shape index (κ3) is 15.3. The smallest absolute Gasteiger partial charge is 0.318 e. The van der Waals surface area contributed by atoms with Crippen molar-refractivity contribution in [3.05, 3.63) is 59.9 Å². The van der Waals surface area contributed by atoms with Crippen LogP contribution in [0.3, 0.4) is 0 Å². The highest BCUT2D eigenvalue weighted by Crippen LogP contribution is 2.30. The molecule has 23 heteroatoms. The average Bonchev–Trinajstić information content (AvgIpc) is 4.10. The van der Waals surface area contributed by atoms with E-state index in [-0.39, 0.29) is 67.9 Å². The van der Waals surface area contributed by atoms with Gasteiger partial charge in [-0.15, -0.1) is 5.10 Å². The minimum Gasteiger partial charge on any atom is -0.379 e. The summed E-state index contributed by atoms with van der Waals surface area (Å²) in [6.45, 7) is 11.5. The van der Waals surface area contributed by atoms with E-state index in [0.717, 1.165) is 0 Å². The fourth-order valence-electron chi connectivity index (χ4n) is 9.45. The van der Waals surface area contributed by atoms with Crippen molar-refractivity contribution in [2.45, 2.75) is 129 Å². The first kappa shape index (κ1) is 56.4. The molecule has 5 rings (SSSR count). The SMILES string of the molecule is CC[C@H](C)[C@@H]([C@@H](CC(=O)N1CCC[C@H]1[C@H](OC)[C@@H](C)C(=O)N[C@@H](Cc1ccccc1)C(=O)NS(=O)(=O)CCCn1cc(CN2C(=O)C=CC2O)nn1)OC)N(C)C(=O)[C@@H](NC(=O)N1CCOCC1)C(C)C. The lowest BCUT2D eigenvalue weighted by molar-refractivity contribution is -0.147. The number of benzene rings is 1. The zero-order chi connectivity index (χ0) is 52.0. The lowest BCUT2D eigenvalue weighted by Crippen LogP contribution is -2.59. The van der Waals surface area contributed by atoms with Crippen LogP contribution < -0.4 is 15.4 Å². The van der Waals surface area contributed by atoms with Crippen molar-refractivity contribution in [2.24, 2.45) is 17.8 Å². The lowest BCUT2D eigenvalue weighted by Gasteiger charge is -2.41.